The van der Waals surface area contributed by atoms with Crippen molar-refractivity contribution in [2.45, 2.75) is 6.18 Å². The highest BCUT2D eigenvalue weighted by Crippen LogP contribution is 2.34. The fourth-order valence-corrected chi connectivity index (χ4v) is 1.67. The average Bonchev–Trinajstić information content (AvgIpc) is 2.46. The van der Waals surface area contributed by atoms with Gasteiger partial charge in [-0.25, -0.2) is 4.98 Å². The molecule has 0 fully saturated rings. The van der Waals surface area contributed by atoms with Crippen molar-refractivity contribution in [3.63, 3.8) is 0 Å². The number of aromatic nitrogens is 2. The van der Waals surface area contributed by atoms with Crippen molar-refractivity contribution < 1.29 is 27.9 Å². The Balaban J connectivity index is 2.37. The van der Waals surface area contributed by atoms with Crippen molar-refractivity contribution >= 4 is 17.6 Å². The van der Waals surface area contributed by atoms with Crippen LogP contribution in [0.5, 0.6) is 0 Å². The second kappa shape index (κ2) is 5.80. The minimum Gasteiger partial charge on any atom is -0.543 e. The molecule has 6 nitrogen and oxygen atoms in total. The van der Waals surface area contributed by atoms with Gasteiger partial charge in [-0.3, -0.25) is 9.78 Å². The van der Waals surface area contributed by atoms with Gasteiger partial charge in [0.1, 0.15) is 5.69 Å². The first kappa shape index (κ1) is 15.4. The van der Waals surface area contributed by atoms with Crippen LogP contribution in [0.3, 0.4) is 0 Å². The zero-order chi connectivity index (χ0) is 16.3. The number of aromatic carboxylic acids is 1. The third-order valence-electron chi connectivity index (χ3n) is 2.59. The first-order chi connectivity index (χ1) is 10.3. The summed E-state index contributed by atoms with van der Waals surface area (Å²) in [6.45, 7) is 0. The van der Waals surface area contributed by atoms with E-state index in [0.717, 1.165) is 30.6 Å². The second-order valence-electron chi connectivity index (χ2n) is 4.04. The number of nitrogens with one attached hydrogen (secondary N) is 1. The predicted octanol–water partition coefficient (Wildman–Crippen LogP) is 1.11. The van der Waals surface area contributed by atoms with Crippen LogP contribution in [0, 0.1) is 0 Å². The number of alkyl halides is 3. The van der Waals surface area contributed by atoms with E-state index in [2.05, 4.69) is 9.97 Å². The quantitative estimate of drug-likeness (QED) is 0.916. The fraction of sp³-hybridized carbons (Fsp3) is 0.0769. The van der Waals surface area contributed by atoms with Crippen LogP contribution in [-0.4, -0.2) is 21.8 Å². The SMILES string of the molecule is O=C([O-])c1nccnc1C(=O)Nc1ccccc1C(F)(F)F. The lowest BCUT2D eigenvalue weighted by Crippen LogP contribution is -2.29. The molecular weight excluding hydrogens is 303 g/mol. The molecule has 1 heterocycles. The lowest BCUT2D eigenvalue weighted by Gasteiger charge is -2.14. The summed E-state index contributed by atoms with van der Waals surface area (Å²) in [4.78, 5) is 29.7. The summed E-state index contributed by atoms with van der Waals surface area (Å²) in [5.74, 6) is -2.90. The third-order valence-corrected chi connectivity index (χ3v) is 2.59. The molecule has 1 N–H and O–H groups in total. The Hall–Kier alpha value is -2.97. The molecule has 9 heteroatoms. The van der Waals surface area contributed by atoms with Gasteiger partial charge < -0.3 is 15.2 Å². The molecule has 0 atom stereocenters. The Morgan fingerprint density at radius 1 is 1.05 bits per heavy atom. The van der Waals surface area contributed by atoms with Gasteiger partial charge >= 0.3 is 6.18 Å². The van der Waals surface area contributed by atoms with Crippen LogP contribution in [0.1, 0.15) is 26.5 Å². The van der Waals surface area contributed by atoms with Gasteiger partial charge in [-0.1, -0.05) is 12.1 Å². The molecule has 0 bridgehead atoms. The van der Waals surface area contributed by atoms with Crippen LogP contribution in [0.4, 0.5) is 18.9 Å². The molecule has 22 heavy (non-hydrogen) atoms. The molecule has 0 radical (unpaired) electrons. The highest BCUT2D eigenvalue weighted by Gasteiger charge is 2.33. The highest BCUT2D eigenvalue weighted by molar-refractivity contribution is 6.08. The highest BCUT2D eigenvalue weighted by atomic mass is 19.4. The maximum absolute atomic E-state index is 12.8. The van der Waals surface area contributed by atoms with Crippen LogP contribution < -0.4 is 10.4 Å². The van der Waals surface area contributed by atoms with Gasteiger partial charge in [0, 0.05) is 12.4 Å². The van der Waals surface area contributed by atoms with E-state index in [9.17, 15) is 27.9 Å². The molecule has 2 rings (SSSR count). The lowest BCUT2D eigenvalue weighted by atomic mass is 10.1. The number of carbonyl (C=O) groups excluding carboxylic acids is 2. The predicted molar refractivity (Wildman–Crippen MR) is 65.8 cm³/mol. The Kier molecular flexibility index (Phi) is 4.06. The number of carbonyl (C=O) groups is 2. The molecule has 1 aromatic carbocycles. The van der Waals surface area contributed by atoms with E-state index in [4.69, 9.17) is 0 Å². The number of benzene rings is 1. The zero-order valence-electron chi connectivity index (χ0n) is 10.7. The maximum atomic E-state index is 12.8. The van der Waals surface area contributed by atoms with E-state index in [-0.39, 0.29) is 0 Å². The van der Waals surface area contributed by atoms with Crippen molar-refractivity contribution in [2.75, 3.05) is 5.32 Å². The molecule has 0 saturated heterocycles. The van der Waals surface area contributed by atoms with Gasteiger partial charge in [0.05, 0.1) is 17.2 Å². The zero-order valence-corrected chi connectivity index (χ0v) is 10.7. The lowest BCUT2D eigenvalue weighted by molar-refractivity contribution is -0.255. The number of rotatable bonds is 3. The third kappa shape index (κ3) is 3.19. The van der Waals surface area contributed by atoms with Crippen LogP contribution in [0.25, 0.3) is 0 Å². The van der Waals surface area contributed by atoms with Gasteiger partial charge in [-0.15, -0.1) is 0 Å². The Labute approximate surface area is 121 Å². The van der Waals surface area contributed by atoms with E-state index < -0.39 is 40.7 Å². The fourth-order valence-electron chi connectivity index (χ4n) is 1.67. The molecule has 0 aliphatic rings. The number of carboxylic acid groups (broad SMARTS) is 1. The summed E-state index contributed by atoms with van der Waals surface area (Å²) in [7, 11) is 0. The smallest absolute Gasteiger partial charge is 0.418 e. The van der Waals surface area contributed by atoms with E-state index in [1.807, 2.05) is 5.32 Å². The molecular formula is C13H7F3N3O3-. The van der Waals surface area contributed by atoms with Crippen LogP contribution >= 0.6 is 0 Å². The van der Waals surface area contributed by atoms with Crippen molar-refractivity contribution in [3.05, 3.63) is 53.6 Å². The van der Waals surface area contributed by atoms with E-state index in [1.165, 1.54) is 6.07 Å². The van der Waals surface area contributed by atoms with Crippen LogP contribution in [-0.2, 0) is 6.18 Å². The standard InChI is InChI=1S/C13H8F3N3O3/c14-13(15,16)7-3-1-2-4-8(7)19-11(20)9-10(12(21)22)18-6-5-17-9/h1-6H,(H,19,20)(H,21,22)/p-1. The minimum absolute atomic E-state index is 0.519. The number of anilines is 1. The summed E-state index contributed by atoms with van der Waals surface area (Å²) < 4.78 is 38.5. The molecule has 0 saturated carbocycles. The number of amides is 1. The Bertz CT molecular complexity index is 732. The molecule has 0 aliphatic carbocycles. The molecule has 0 unspecified atom stereocenters. The summed E-state index contributed by atoms with van der Waals surface area (Å²) >= 11 is 0. The topological polar surface area (TPSA) is 95.0 Å². The number of carboxylic acids is 1. The summed E-state index contributed by atoms with van der Waals surface area (Å²) in [5.41, 5.74) is -2.99. The summed E-state index contributed by atoms with van der Waals surface area (Å²) in [6.07, 6.45) is -2.62. The van der Waals surface area contributed by atoms with Crippen molar-refractivity contribution in [3.8, 4) is 0 Å². The van der Waals surface area contributed by atoms with Crippen molar-refractivity contribution in [1.29, 1.82) is 0 Å². The molecule has 0 spiro atoms. The van der Waals surface area contributed by atoms with Gasteiger partial charge in [-0.2, -0.15) is 13.2 Å². The monoisotopic (exact) mass is 310 g/mol. The Morgan fingerprint density at radius 3 is 2.23 bits per heavy atom. The van der Waals surface area contributed by atoms with E-state index in [1.54, 1.807) is 0 Å². The number of halogens is 3. The van der Waals surface area contributed by atoms with Gasteiger partial charge in [0.2, 0.25) is 0 Å². The van der Waals surface area contributed by atoms with Crippen LogP contribution in [0.15, 0.2) is 36.7 Å². The number of hydrogen-bond acceptors (Lipinski definition) is 5. The molecule has 1 aromatic heterocycles. The average molecular weight is 310 g/mol. The van der Waals surface area contributed by atoms with Gasteiger partial charge in [-0.05, 0) is 12.1 Å². The Morgan fingerprint density at radius 2 is 1.64 bits per heavy atom. The van der Waals surface area contributed by atoms with Crippen LogP contribution in [0.2, 0.25) is 0 Å². The van der Waals surface area contributed by atoms with E-state index in [0.29, 0.717) is 0 Å². The van der Waals surface area contributed by atoms with E-state index >= 15 is 0 Å². The molecule has 2 aromatic rings. The molecule has 1 amide bonds. The molecule has 0 aliphatic heterocycles. The second-order valence-corrected chi connectivity index (χ2v) is 4.04. The van der Waals surface area contributed by atoms with Gasteiger partial charge in [0.25, 0.3) is 5.91 Å². The maximum Gasteiger partial charge on any atom is 0.418 e. The largest absolute Gasteiger partial charge is 0.543 e. The van der Waals surface area contributed by atoms with Crippen molar-refractivity contribution in [1.82, 2.24) is 9.97 Å². The number of nitrogens with zero attached hydrogens (tertiary/aromatic N) is 2. The summed E-state index contributed by atoms with van der Waals surface area (Å²) in [5, 5.41) is 12.8. The molecule has 114 valence electrons. The van der Waals surface area contributed by atoms with Crippen molar-refractivity contribution in [2.24, 2.45) is 0 Å². The minimum atomic E-state index is -4.68. The first-order valence-electron chi connectivity index (χ1n) is 5.80. The number of para-hydroxylation sites is 1. The normalized spacial score (nSPS) is 11.0. The first-order valence-corrected chi connectivity index (χ1v) is 5.80. The van der Waals surface area contributed by atoms with Gasteiger partial charge in [0.15, 0.2) is 5.69 Å². The summed E-state index contributed by atoms with van der Waals surface area (Å²) in [6, 6.07) is 4.27. The number of hydrogen-bond donors (Lipinski definition) is 1.